The van der Waals surface area contributed by atoms with E-state index in [2.05, 4.69) is 10.3 Å². The number of aryl methyl sites for hydroxylation is 3. The van der Waals surface area contributed by atoms with Crippen LogP contribution in [0.3, 0.4) is 0 Å². The smallest absolute Gasteiger partial charge is 0.269 e. The molecular formula is C22H22BFN2O3. The Balaban J connectivity index is 1.67. The molecule has 0 aliphatic heterocycles. The lowest BCUT2D eigenvalue weighted by atomic mass is 9.86. The lowest BCUT2D eigenvalue weighted by Crippen LogP contribution is -2.32. The fraction of sp³-hybridized carbons (Fsp3) is 0.364. The van der Waals surface area contributed by atoms with Gasteiger partial charge < -0.3 is 5.32 Å². The Morgan fingerprint density at radius 3 is 2.52 bits per heavy atom. The SMILES string of the molecule is [B]c1ccc(F)nc1C(=O)NCCC1CC(=O)C(c2c(C)cc(C)cc2C)C1=O. The molecular weight excluding hydrogens is 370 g/mol. The zero-order valence-electron chi connectivity index (χ0n) is 16.7. The highest BCUT2D eigenvalue weighted by molar-refractivity contribution is 6.36. The molecule has 1 aliphatic carbocycles. The quantitative estimate of drug-likeness (QED) is 0.480. The second-order valence-corrected chi connectivity index (χ2v) is 7.63. The molecule has 2 aromatic rings. The molecule has 0 saturated heterocycles. The number of hydrogen-bond donors (Lipinski definition) is 1. The Morgan fingerprint density at radius 1 is 1.21 bits per heavy atom. The van der Waals surface area contributed by atoms with Gasteiger partial charge in [0.15, 0.2) is 5.78 Å². The number of rotatable bonds is 5. The Bertz CT molecular complexity index is 983. The Morgan fingerprint density at radius 2 is 1.86 bits per heavy atom. The third-order valence-corrected chi connectivity index (χ3v) is 5.37. The van der Waals surface area contributed by atoms with E-state index in [1.165, 1.54) is 6.07 Å². The van der Waals surface area contributed by atoms with Crippen LogP contribution in [-0.4, -0.2) is 36.8 Å². The van der Waals surface area contributed by atoms with Gasteiger partial charge in [-0.3, -0.25) is 14.4 Å². The maximum absolute atomic E-state index is 13.2. The van der Waals surface area contributed by atoms with Gasteiger partial charge in [-0.15, -0.1) is 0 Å². The number of aromatic nitrogens is 1. The molecule has 1 heterocycles. The number of halogens is 1. The summed E-state index contributed by atoms with van der Waals surface area (Å²) in [6, 6.07) is 6.30. The zero-order valence-corrected chi connectivity index (χ0v) is 16.7. The van der Waals surface area contributed by atoms with E-state index in [-0.39, 0.29) is 35.7 Å². The van der Waals surface area contributed by atoms with Crippen molar-refractivity contribution in [1.82, 2.24) is 10.3 Å². The maximum atomic E-state index is 13.2. The van der Waals surface area contributed by atoms with Crippen LogP contribution in [-0.2, 0) is 9.59 Å². The largest absolute Gasteiger partial charge is 0.351 e. The number of hydrogen-bond acceptors (Lipinski definition) is 4. The Hall–Kier alpha value is -2.83. The van der Waals surface area contributed by atoms with E-state index in [4.69, 9.17) is 7.85 Å². The molecule has 1 aliphatic rings. The van der Waals surface area contributed by atoms with Gasteiger partial charge in [0.1, 0.15) is 25.2 Å². The van der Waals surface area contributed by atoms with Crippen LogP contribution in [0.4, 0.5) is 4.39 Å². The lowest BCUT2D eigenvalue weighted by Gasteiger charge is -2.16. The van der Waals surface area contributed by atoms with Crippen molar-refractivity contribution in [2.75, 3.05) is 6.54 Å². The summed E-state index contributed by atoms with van der Waals surface area (Å²) in [5, 5.41) is 2.60. The van der Waals surface area contributed by atoms with Gasteiger partial charge in [-0.1, -0.05) is 29.2 Å². The van der Waals surface area contributed by atoms with Gasteiger partial charge in [0.05, 0.1) is 0 Å². The molecule has 1 aromatic carbocycles. The first-order chi connectivity index (χ1) is 13.7. The first-order valence-electron chi connectivity index (χ1n) is 9.53. The number of carbonyl (C=O) groups excluding carboxylic acids is 3. The summed E-state index contributed by atoms with van der Waals surface area (Å²) in [6.07, 6.45) is 0.485. The molecule has 3 rings (SSSR count). The topological polar surface area (TPSA) is 76.1 Å². The molecule has 2 atom stereocenters. The molecule has 2 radical (unpaired) electrons. The highest BCUT2D eigenvalue weighted by atomic mass is 19.1. The molecule has 1 amide bonds. The second-order valence-electron chi connectivity index (χ2n) is 7.63. The van der Waals surface area contributed by atoms with Crippen molar-refractivity contribution in [2.24, 2.45) is 5.92 Å². The lowest BCUT2D eigenvalue weighted by molar-refractivity contribution is -0.124. The Kier molecular flexibility index (Phi) is 5.96. The standard InChI is InChI=1S/C22H22BFN2O3/c1-11-8-12(2)18(13(3)9-11)19-16(27)10-14(21(19)28)6-7-25-22(29)20-15(23)4-5-17(24)26-20/h4-5,8-9,14,19H,6-7,10H2,1-3H3,(H,25,29). The first kappa shape index (κ1) is 20.9. The van der Waals surface area contributed by atoms with Crippen LogP contribution < -0.4 is 10.8 Å². The Labute approximate surface area is 170 Å². The number of nitrogens with one attached hydrogen (secondary N) is 1. The van der Waals surface area contributed by atoms with E-state index in [9.17, 15) is 18.8 Å². The van der Waals surface area contributed by atoms with Crippen molar-refractivity contribution in [3.63, 3.8) is 0 Å². The number of ketones is 2. The van der Waals surface area contributed by atoms with Crippen molar-refractivity contribution in [3.8, 4) is 0 Å². The summed E-state index contributed by atoms with van der Waals surface area (Å²) in [5.41, 5.74) is 3.65. The summed E-state index contributed by atoms with van der Waals surface area (Å²) in [4.78, 5) is 41.2. The molecule has 29 heavy (non-hydrogen) atoms. The summed E-state index contributed by atoms with van der Waals surface area (Å²) in [7, 11) is 5.66. The van der Waals surface area contributed by atoms with Crippen molar-refractivity contribution in [1.29, 1.82) is 0 Å². The molecule has 2 unspecified atom stereocenters. The number of Topliss-reactive ketones (excluding diaryl/α,β-unsaturated/α-hetero) is 2. The number of nitrogens with zero attached hydrogens (tertiary/aromatic N) is 1. The van der Waals surface area contributed by atoms with Gasteiger partial charge in [0, 0.05) is 18.9 Å². The predicted molar refractivity (Wildman–Crippen MR) is 108 cm³/mol. The summed E-state index contributed by atoms with van der Waals surface area (Å²) in [5.74, 6) is -2.80. The molecule has 1 aromatic heterocycles. The average molecular weight is 392 g/mol. The van der Waals surface area contributed by atoms with Gasteiger partial charge in [-0.05, 0) is 49.9 Å². The third kappa shape index (κ3) is 4.28. The highest BCUT2D eigenvalue weighted by Gasteiger charge is 2.42. The van der Waals surface area contributed by atoms with Crippen molar-refractivity contribution in [3.05, 3.63) is 58.2 Å². The van der Waals surface area contributed by atoms with Crippen LogP contribution in [0.25, 0.3) is 0 Å². The van der Waals surface area contributed by atoms with E-state index >= 15 is 0 Å². The normalized spacial score (nSPS) is 18.9. The minimum Gasteiger partial charge on any atom is -0.351 e. The zero-order chi connectivity index (χ0) is 21.3. The van der Waals surface area contributed by atoms with E-state index in [1.807, 2.05) is 32.9 Å². The fourth-order valence-corrected chi connectivity index (χ4v) is 4.12. The minimum atomic E-state index is -0.799. The molecule has 1 saturated carbocycles. The average Bonchev–Trinajstić information content (AvgIpc) is 2.91. The summed E-state index contributed by atoms with van der Waals surface area (Å²) >= 11 is 0. The van der Waals surface area contributed by atoms with Crippen molar-refractivity contribution >= 4 is 30.8 Å². The van der Waals surface area contributed by atoms with Gasteiger partial charge in [0.25, 0.3) is 5.91 Å². The van der Waals surface area contributed by atoms with Gasteiger partial charge >= 0.3 is 0 Å². The first-order valence-corrected chi connectivity index (χ1v) is 9.53. The van der Waals surface area contributed by atoms with Crippen LogP contribution in [0.2, 0.25) is 0 Å². The van der Waals surface area contributed by atoms with Crippen LogP contribution in [0, 0.1) is 32.6 Å². The molecule has 1 fully saturated rings. The fourth-order valence-electron chi connectivity index (χ4n) is 4.12. The summed E-state index contributed by atoms with van der Waals surface area (Å²) in [6.45, 7) is 5.98. The van der Waals surface area contributed by atoms with Crippen LogP contribution in [0.5, 0.6) is 0 Å². The second kappa shape index (κ2) is 8.27. The van der Waals surface area contributed by atoms with E-state index in [1.54, 1.807) is 0 Å². The number of pyridine rings is 1. The van der Waals surface area contributed by atoms with Gasteiger partial charge in [-0.25, -0.2) is 4.98 Å². The van der Waals surface area contributed by atoms with Gasteiger partial charge in [0.2, 0.25) is 5.95 Å². The third-order valence-electron chi connectivity index (χ3n) is 5.37. The minimum absolute atomic E-state index is 0.0707. The summed E-state index contributed by atoms with van der Waals surface area (Å²) < 4.78 is 13.2. The molecule has 1 N–H and O–H groups in total. The van der Waals surface area contributed by atoms with Crippen molar-refractivity contribution < 1.29 is 18.8 Å². The van der Waals surface area contributed by atoms with Crippen molar-refractivity contribution in [2.45, 2.75) is 39.5 Å². The number of benzene rings is 1. The molecule has 0 spiro atoms. The molecule has 7 heteroatoms. The molecule has 0 bridgehead atoms. The van der Waals surface area contributed by atoms with Crippen LogP contribution >= 0.6 is 0 Å². The monoisotopic (exact) mass is 392 g/mol. The maximum Gasteiger partial charge on any atom is 0.269 e. The van der Waals surface area contributed by atoms with E-state index < -0.39 is 23.7 Å². The number of carbonyl (C=O) groups is 3. The molecule has 5 nitrogen and oxygen atoms in total. The highest BCUT2D eigenvalue weighted by Crippen LogP contribution is 2.37. The van der Waals surface area contributed by atoms with Crippen LogP contribution in [0.1, 0.15) is 51.5 Å². The van der Waals surface area contributed by atoms with E-state index in [0.29, 0.717) is 6.42 Å². The number of amides is 1. The van der Waals surface area contributed by atoms with Gasteiger partial charge in [-0.2, -0.15) is 4.39 Å². The molecule has 148 valence electrons. The van der Waals surface area contributed by atoms with Crippen LogP contribution in [0.15, 0.2) is 24.3 Å². The van der Waals surface area contributed by atoms with E-state index in [0.717, 1.165) is 28.3 Å². The predicted octanol–water partition coefficient (Wildman–Crippen LogP) is 2.00.